The molecule has 0 amide bonds. The number of nitrogens with one attached hydrogen (secondary N) is 2. The van der Waals surface area contributed by atoms with Gasteiger partial charge in [-0.2, -0.15) is 0 Å². The third-order valence-corrected chi connectivity index (χ3v) is 6.15. The number of rotatable bonds is 9. The number of hydrogen-bond donors (Lipinski definition) is 2. The maximum Gasteiger partial charge on any atom is 0.191 e. The lowest BCUT2D eigenvalue weighted by Gasteiger charge is -2.33. The molecule has 2 N–H and O–H groups in total. The smallest absolute Gasteiger partial charge is 0.191 e. The number of benzene rings is 2. The third-order valence-electron chi connectivity index (χ3n) is 6.15. The van der Waals surface area contributed by atoms with E-state index >= 15 is 0 Å². The van der Waals surface area contributed by atoms with Gasteiger partial charge in [0.2, 0.25) is 0 Å². The lowest BCUT2D eigenvalue weighted by molar-refractivity contribution is 0.198. The molecule has 0 radical (unpaired) electrons. The molecule has 1 aliphatic rings. The highest BCUT2D eigenvalue weighted by Crippen LogP contribution is 2.14. The Balaban J connectivity index is 0.00000363. The Labute approximate surface area is 211 Å². The predicted molar refractivity (Wildman–Crippen MR) is 147 cm³/mol. The first-order chi connectivity index (χ1) is 15.2. The van der Waals surface area contributed by atoms with Crippen LogP contribution in [-0.4, -0.2) is 55.0 Å². The molecule has 176 valence electrons. The predicted octanol–water partition coefficient (Wildman–Crippen LogP) is 4.48. The number of nitrogens with zero attached hydrogens (tertiary/aromatic N) is 3. The molecule has 0 aromatic heterocycles. The van der Waals surface area contributed by atoms with E-state index in [0.29, 0.717) is 6.04 Å². The summed E-state index contributed by atoms with van der Waals surface area (Å²) >= 11 is 0. The Morgan fingerprint density at radius 2 is 1.62 bits per heavy atom. The maximum absolute atomic E-state index is 4.45. The molecular formula is C26H40IN5. The summed E-state index contributed by atoms with van der Waals surface area (Å²) < 4.78 is 0. The number of piperidine rings is 1. The van der Waals surface area contributed by atoms with Crippen molar-refractivity contribution in [2.75, 3.05) is 33.2 Å². The monoisotopic (exact) mass is 549 g/mol. The van der Waals surface area contributed by atoms with E-state index in [1.54, 1.807) is 0 Å². The van der Waals surface area contributed by atoms with Crippen molar-refractivity contribution < 1.29 is 0 Å². The zero-order chi connectivity index (χ0) is 21.9. The van der Waals surface area contributed by atoms with E-state index in [-0.39, 0.29) is 24.0 Å². The van der Waals surface area contributed by atoms with Crippen LogP contribution in [0, 0.1) is 0 Å². The fourth-order valence-corrected chi connectivity index (χ4v) is 4.19. The number of likely N-dealkylation sites (tertiary alicyclic amines) is 1. The van der Waals surface area contributed by atoms with Crippen molar-refractivity contribution in [1.82, 2.24) is 20.4 Å². The van der Waals surface area contributed by atoms with Crippen LogP contribution < -0.4 is 10.6 Å². The highest BCUT2D eigenvalue weighted by Gasteiger charge is 2.20. The van der Waals surface area contributed by atoms with Crippen LogP contribution in [0.15, 0.2) is 59.6 Å². The van der Waals surface area contributed by atoms with Crippen molar-refractivity contribution >= 4 is 29.9 Å². The van der Waals surface area contributed by atoms with Gasteiger partial charge in [-0.05, 0) is 42.6 Å². The standard InChI is InChI=1S/C26H39N5.HI/c1-4-30(5-2)21-24-13-9-12-23(18-24)19-28-26(27-3)29-25-14-16-31(17-15-25)20-22-10-7-6-8-11-22;/h6-13,18,25H,4-5,14-17,19-21H2,1-3H3,(H2,27,28,29);1H. The Bertz CT molecular complexity index is 799. The van der Waals surface area contributed by atoms with Crippen molar-refractivity contribution in [3.05, 3.63) is 71.3 Å². The Hall–Kier alpha value is -1.64. The van der Waals surface area contributed by atoms with Gasteiger partial charge in [0.25, 0.3) is 0 Å². The minimum Gasteiger partial charge on any atom is -0.354 e. The molecule has 0 bridgehead atoms. The lowest BCUT2D eigenvalue weighted by atomic mass is 10.0. The quantitative estimate of drug-likeness (QED) is 0.275. The van der Waals surface area contributed by atoms with Crippen molar-refractivity contribution in [2.24, 2.45) is 4.99 Å². The first-order valence-electron chi connectivity index (χ1n) is 11.7. The second kappa shape index (κ2) is 14.5. The molecule has 0 spiro atoms. The second-order valence-corrected chi connectivity index (χ2v) is 8.39. The normalized spacial score (nSPS) is 15.4. The molecule has 1 fully saturated rings. The first kappa shape index (κ1) is 26.6. The lowest BCUT2D eigenvalue weighted by Crippen LogP contribution is -2.48. The van der Waals surface area contributed by atoms with Crippen LogP contribution in [0.2, 0.25) is 0 Å². The van der Waals surface area contributed by atoms with Crippen LogP contribution in [0.1, 0.15) is 43.4 Å². The van der Waals surface area contributed by atoms with Crippen LogP contribution >= 0.6 is 24.0 Å². The van der Waals surface area contributed by atoms with Gasteiger partial charge in [0.15, 0.2) is 5.96 Å². The molecule has 0 atom stereocenters. The van der Waals surface area contributed by atoms with Gasteiger partial charge >= 0.3 is 0 Å². The molecule has 32 heavy (non-hydrogen) atoms. The molecule has 0 unspecified atom stereocenters. The van der Waals surface area contributed by atoms with Gasteiger partial charge in [-0.25, -0.2) is 0 Å². The van der Waals surface area contributed by atoms with E-state index in [4.69, 9.17) is 0 Å². The summed E-state index contributed by atoms with van der Waals surface area (Å²) in [5.41, 5.74) is 4.07. The highest BCUT2D eigenvalue weighted by atomic mass is 127. The molecule has 1 saturated heterocycles. The van der Waals surface area contributed by atoms with E-state index in [9.17, 15) is 0 Å². The average Bonchev–Trinajstić information content (AvgIpc) is 2.82. The van der Waals surface area contributed by atoms with Gasteiger partial charge in [0.1, 0.15) is 0 Å². The summed E-state index contributed by atoms with van der Waals surface area (Å²) in [5, 5.41) is 7.13. The number of halogens is 1. The summed E-state index contributed by atoms with van der Waals surface area (Å²) in [5.74, 6) is 0.899. The van der Waals surface area contributed by atoms with Crippen LogP contribution in [0.5, 0.6) is 0 Å². The summed E-state index contributed by atoms with van der Waals surface area (Å²) in [6.45, 7) is 11.7. The van der Waals surface area contributed by atoms with Crippen molar-refractivity contribution in [2.45, 2.75) is 52.4 Å². The van der Waals surface area contributed by atoms with Crippen LogP contribution in [-0.2, 0) is 19.6 Å². The second-order valence-electron chi connectivity index (χ2n) is 8.39. The first-order valence-corrected chi connectivity index (χ1v) is 11.7. The zero-order valence-electron chi connectivity index (χ0n) is 19.9. The molecule has 5 nitrogen and oxygen atoms in total. The Kier molecular flexibility index (Phi) is 12.1. The Morgan fingerprint density at radius 3 is 2.28 bits per heavy atom. The van der Waals surface area contributed by atoms with Crippen LogP contribution in [0.4, 0.5) is 0 Å². The van der Waals surface area contributed by atoms with E-state index in [1.807, 2.05) is 7.05 Å². The fraction of sp³-hybridized carbons (Fsp3) is 0.500. The van der Waals surface area contributed by atoms with E-state index in [1.165, 1.54) is 16.7 Å². The SMILES string of the molecule is CCN(CC)Cc1cccc(CNC(=NC)NC2CCN(Cc3ccccc3)CC2)c1.I. The molecule has 0 aliphatic carbocycles. The van der Waals surface area contributed by atoms with Crippen molar-refractivity contribution in [3.8, 4) is 0 Å². The number of hydrogen-bond acceptors (Lipinski definition) is 3. The van der Waals surface area contributed by atoms with E-state index in [2.05, 4.69) is 93.9 Å². The van der Waals surface area contributed by atoms with Crippen LogP contribution in [0.25, 0.3) is 0 Å². The number of guanidine groups is 1. The van der Waals surface area contributed by atoms with Gasteiger partial charge in [0.05, 0.1) is 0 Å². The van der Waals surface area contributed by atoms with E-state index < -0.39 is 0 Å². The molecule has 1 heterocycles. The summed E-state index contributed by atoms with van der Waals surface area (Å²) in [4.78, 5) is 9.44. The highest BCUT2D eigenvalue weighted by molar-refractivity contribution is 14.0. The molecule has 2 aromatic rings. The van der Waals surface area contributed by atoms with Gasteiger partial charge < -0.3 is 10.6 Å². The molecule has 2 aromatic carbocycles. The van der Waals surface area contributed by atoms with E-state index in [0.717, 1.165) is 64.6 Å². The van der Waals surface area contributed by atoms with Crippen LogP contribution in [0.3, 0.4) is 0 Å². The fourth-order valence-electron chi connectivity index (χ4n) is 4.19. The van der Waals surface area contributed by atoms with Gasteiger partial charge in [-0.1, -0.05) is 68.4 Å². The summed E-state index contributed by atoms with van der Waals surface area (Å²) in [7, 11) is 1.86. The molecule has 3 rings (SSSR count). The third kappa shape index (κ3) is 8.71. The molecule has 1 aliphatic heterocycles. The minimum absolute atomic E-state index is 0. The average molecular weight is 550 g/mol. The molecule has 6 heteroatoms. The minimum atomic E-state index is 0. The molecule has 0 saturated carbocycles. The zero-order valence-corrected chi connectivity index (χ0v) is 22.2. The number of aliphatic imine (C=N–C) groups is 1. The Morgan fingerprint density at radius 1 is 0.969 bits per heavy atom. The summed E-state index contributed by atoms with van der Waals surface area (Å²) in [6, 6.07) is 20.1. The topological polar surface area (TPSA) is 42.9 Å². The molecular weight excluding hydrogens is 509 g/mol. The van der Waals surface area contributed by atoms with Crippen molar-refractivity contribution in [3.63, 3.8) is 0 Å². The van der Waals surface area contributed by atoms with Gasteiger partial charge in [-0.15, -0.1) is 24.0 Å². The maximum atomic E-state index is 4.45. The van der Waals surface area contributed by atoms with Gasteiger partial charge in [0, 0.05) is 45.8 Å². The summed E-state index contributed by atoms with van der Waals surface area (Å²) in [6.07, 6.45) is 2.29. The van der Waals surface area contributed by atoms with Crippen molar-refractivity contribution in [1.29, 1.82) is 0 Å². The van der Waals surface area contributed by atoms with Gasteiger partial charge in [-0.3, -0.25) is 14.8 Å². The largest absolute Gasteiger partial charge is 0.354 e.